The number of hydrogen-bond acceptors (Lipinski definition) is 3. The van der Waals surface area contributed by atoms with Crippen molar-refractivity contribution in [2.75, 3.05) is 0 Å². The molecule has 1 aliphatic heterocycles. The van der Waals surface area contributed by atoms with E-state index in [0.29, 0.717) is 11.8 Å². The molecule has 1 aromatic rings. The molecule has 1 fully saturated rings. The number of aromatic nitrogens is 2. The normalized spacial score (nSPS) is 19.7. The van der Waals surface area contributed by atoms with Crippen LogP contribution in [0.3, 0.4) is 0 Å². The molecular formula is C12H17N3. The largest absolute Gasteiger partial charge is 0.307 e. The molecule has 1 N–H and O–H groups in total. The van der Waals surface area contributed by atoms with Crippen molar-refractivity contribution in [1.29, 1.82) is 0 Å². The van der Waals surface area contributed by atoms with Crippen LogP contribution in [0.5, 0.6) is 0 Å². The molecule has 80 valence electrons. The van der Waals surface area contributed by atoms with E-state index in [1.54, 1.807) is 0 Å². The standard InChI is InChI=1S/C12H17N3/c1-7(2)11-9-5-13-6-10(9)14-12(15-11)8-3-4-8/h7-8,13H,3-6H2,1-2H3. The van der Waals surface area contributed by atoms with Crippen molar-refractivity contribution in [2.24, 2.45) is 0 Å². The van der Waals surface area contributed by atoms with Gasteiger partial charge >= 0.3 is 0 Å². The van der Waals surface area contributed by atoms with Crippen molar-refractivity contribution >= 4 is 0 Å². The lowest BCUT2D eigenvalue weighted by Gasteiger charge is -2.11. The van der Waals surface area contributed by atoms with Gasteiger partial charge in [0.1, 0.15) is 5.82 Å². The van der Waals surface area contributed by atoms with Crippen LogP contribution >= 0.6 is 0 Å². The zero-order chi connectivity index (χ0) is 10.4. The molecule has 2 heterocycles. The summed E-state index contributed by atoms with van der Waals surface area (Å²) in [5.74, 6) is 2.27. The predicted molar refractivity (Wildman–Crippen MR) is 58.6 cm³/mol. The Balaban J connectivity index is 2.10. The molecule has 1 aliphatic carbocycles. The van der Waals surface area contributed by atoms with E-state index in [0.717, 1.165) is 18.9 Å². The van der Waals surface area contributed by atoms with Crippen LogP contribution in [0, 0.1) is 0 Å². The second kappa shape index (κ2) is 3.27. The van der Waals surface area contributed by atoms with E-state index < -0.39 is 0 Å². The monoisotopic (exact) mass is 203 g/mol. The van der Waals surface area contributed by atoms with E-state index in [1.165, 1.54) is 29.8 Å². The van der Waals surface area contributed by atoms with Gasteiger partial charge in [0.05, 0.1) is 11.4 Å². The Labute approximate surface area is 90.3 Å². The summed E-state index contributed by atoms with van der Waals surface area (Å²) >= 11 is 0. The number of nitrogens with zero attached hydrogens (tertiary/aromatic N) is 2. The number of fused-ring (bicyclic) bond motifs is 1. The fraction of sp³-hybridized carbons (Fsp3) is 0.667. The average molecular weight is 203 g/mol. The summed E-state index contributed by atoms with van der Waals surface area (Å²) in [6.07, 6.45) is 2.56. The third-order valence-corrected chi connectivity index (χ3v) is 3.23. The van der Waals surface area contributed by atoms with Crippen molar-refractivity contribution in [1.82, 2.24) is 15.3 Å². The van der Waals surface area contributed by atoms with E-state index >= 15 is 0 Å². The molecule has 0 radical (unpaired) electrons. The molecule has 3 rings (SSSR count). The molecule has 15 heavy (non-hydrogen) atoms. The second-order valence-corrected chi connectivity index (χ2v) is 4.92. The zero-order valence-electron chi connectivity index (χ0n) is 9.38. The van der Waals surface area contributed by atoms with Gasteiger partial charge in [-0.2, -0.15) is 0 Å². The van der Waals surface area contributed by atoms with Crippen LogP contribution in [0.2, 0.25) is 0 Å². The maximum atomic E-state index is 4.75. The molecule has 2 aliphatic rings. The smallest absolute Gasteiger partial charge is 0.132 e. The summed E-state index contributed by atoms with van der Waals surface area (Å²) in [5, 5.41) is 3.37. The Morgan fingerprint density at radius 1 is 1.20 bits per heavy atom. The van der Waals surface area contributed by atoms with Crippen LogP contribution in [-0.2, 0) is 13.1 Å². The molecule has 0 bridgehead atoms. The lowest BCUT2D eigenvalue weighted by molar-refractivity contribution is 0.745. The van der Waals surface area contributed by atoms with Crippen LogP contribution in [0.15, 0.2) is 0 Å². The summed E-state index contributed by atoms with van der Waals surface area (Å²) in [7, 11) is 0. The lowest BCUT2D eigenvalue weighted by Crippen LogP contribution is -2.06. The van der Waals surface area contributed by atoms with Gasteiger partial charge in [-0.3, -0.25) is 0 Å². The summed E-state index contributed by atoms with van der Waals surface area (Å²) in [6.45, 7) is 6.32. The first kappa shape index (κ1) is 9.28. The second-order valence-electron chi connectivity index (χ2n) is 4.92. The van der Waals surface area contributed by atoms with Gasteiger partial charge in [-0.1, -0.05) is 13.8 Å². The zero-order valence-corrected chi connectivity index (χ0v) is 9.38. The van der Waals surface area contributed by atoms with Gasteiger partial charge in [-0.25, -0.2) is 9.97 Å². The van der Waals surface area contributed by atoms with Crippen LogP contribution in [-0.4, -0.2) is 9.97 Å². The fourth-order valence-electron chi connectivity index (χ4n) is 2.22. The molecule has 0 atom stereocenters. The average Bonchev–Trinajstić information content (AvgIpc) is 2.95. The first-order chi connectivity index (χ1) is 7.25. The molecule has 1 saturated carbocycles. The van der Waals surface area contributed by atoms with Crippen molar-refractivity contribution < 1.29 is 0 Å². The lowest BCUT2D eigenvalue weighted by atomic mass is 10.0. The molecule has 0 saturated heterocycles. The topological polar surface area (TPSA) is 37.8 Å². The number of hydrogen-bond donors (Lipinski definition) is 1. The van der Waals surface area contributed by atoms with Crippen LogP contribution in [0.1, 0.15) is 61.3 Å². The maximum Gasteiger partial charge on any atom is 0.132 e. The van der Waals surface area contributed by atoms with Gasteiger partial charge in [-0.15, -0.1) is 0 Å². The van der Waals surface area contributed by atoms with Gasteiger partial charge < -0.3 is 5.32 Å². The number of rotatable bonds is 2. The minimum Gasteiger partial charge on any atom is -0.307 e. The molecule has 1 aromatic heterocycles. The molecule has 0 spiro atoms. The summed E-state index contributed by atoms with van der Waals surface area (Å²) < 4.78 is 0. The van der Waals surface area contributed by atoms with Gasteiger partial charge in [0.25, 0.3) is 0 Å². The highest BCUT2D eigenvalue weighted by Gasteiger charge is 2.29. The fourth-order valence-corrected chi connectivity index (χ4v) is 2.22. The molecule has 0 amide bonds. The quantitative estimate of drug-likeness (QED) is 0.799. The van der Waals surface area contributed by atoms with Gasteiger partial charge in [0.15, 0.2) is 0 Å². The molecule has 3 heteroatoms. The van der Waals surface area contributed by atoms with E-state index in [-0.39, 0.29) is 0 Å². The highest BCUT2D eigenvalue weighted by molar-refractivity contribution is 5.32. The predicted octanol–water partition coefficient (Wildman–Crippen LogP) is 2.08. The van der Waals surface area contributed by atoms with E-state index in [1.807, 2.05) is 0 Å². The van der Waals surface area contributed by atoms with Gasteiger partial charge in [-0.05, 0) is 18.8 Å². The van der Waals surface area contributed by atoms with Crippen LogP contribution < -0.4 is 5.32 Å². The molecule has 0 unspecified atom stereocenters. The Kier molecular flexibility index (Phi) is 2.02. The minimum atomic E-state index is 0.513. The first-order valence-corrected chi connectivity index (χ1v) is 5.86. The van der Waals surface area contributed by atoms with E-state index in [2.05, 4.69) is 24.1 Å². The molecule has 3 nitrogen and oxygen atoms in total. The minimum absolute atomic E-state index is 0.513. The Morgan fingerprint density at radius 2 is 2.00 bits per heavy atom. The SMILES string of the molecule is CC(C)c1nc(C2CC2)nc2c1CNC2. The summed E-state index contributed by atoms with van der Waals surface area (Å²) in [6, 6.07) is 0. The molecule has 0 aromatic carbocycles. The molecular weight excluding hydrogens is 186 g/mol. The summed E-state index contributed by atoms with van der Waals surface area (Å²) in [4.78, 5) is 9.44. The Bertz CT molecular complexity index is 394. The Hall–Kier alpha value is -0.960. The maximum absolute atomic E-state index is 4.75. The number of nitrogens with one attached hydrogen (secondary N) is 1. The first-order valence-electron chi connectivity index (χ1n) is 5.86. The third-order valence-electron chi connectivity index (χ3n) is 3.23. The van der Waals surface area contributed by atoms with Crippen LogP contribution in [0.4, 0.5) is 0 Å². The van der Waals surface area contributed by atoms with Crippen LogP contribution in [0.25, 0.3) is 0 Å². The van der Waals surface area contributed by atoms with E-state index in [9.17, 15) is 0 Å². The third kappa shape index (κ3) is 1.55. The summed E-state index contributed by atoms with van der Waals surface area (Å²) in [5.41, 5.74) is 3.87. The van der Waals surface area contributed by atoms with Gasteiger partial charge in [0.2, 0.25) is 0 Å². The highest BCUT2D eigenvalue weighted by atomic mass is 15.0. The van der Waals surface area contributed by atoms with Crippen molar-refractivity contribution in [3.63, 3.8) is 0 Å². The Morgan fingerprint density at radius 3 is 2.67 bits per heavy atom. The van der Waals surface area contributed by atoms with Crippen molar-refractivity contribution in [2.45, 2.75) is 51.6 Å². The van der Waals surface area contributed by atoms with Crippen molar-refractivity contribution in [3.05, 3.63) is 22.8 Å². The highest BCUT2D eigenvalue weighted by Crippen LogP contribution is 2.39. The van der Waals surface area contributed by atoms with E-state index in [4.69, 9.17) is 4.98 Å². The van der Waals surface area contributed by atoms with Gasteiger partial charge in [0, 0.05) is 24.6 Å². The van der Waals surface area contributed by atoms with Crippen molar-refractivity contribution in [3.8, 4) is 0 Å².